The van der Waals surface area contributed by atoms with Gasteiger partial charge in [-0.05, 0) is 38.5 Å². The summed E-state index contributed by atoms with van der Waals surface area (Å²) in [5.74, 6) is 0.572. The van der Waals surface area contributed by atoms with Crippen molar-refractivity contribution in [1.82, 2.24) is 4.90 Å². The molecule has 0 saturated heterocycles. The molecule has 0 aromatic rings. The Hall–Kier alpha value is -1.06. The highest BCUT2D eigenvalue weighted by molar-refractivity contribution is 5.76. The van der Waals surface area contributed by atoms with Crippen LogP contribution in [-0.4, -0.2) is 36.5 Å². The molecule has 1 aliphatic rings. The molecular weight excluding hydrogens is 242 g/mol. The summed E-state index contributed by atoms with van der Waals surface area (Å²) in [6.45, 7) is 6.40. The second-order valence-electron chi connectivity index (χ2n) is 5.86. The van der Waals surface area contributed by atoms with Gasteiger partial charge in [-0.25, -0.2) is 0 Å². The summed E-state index contributed by atoms with van der Waals surface area (Å²) < 4.78 is 5.06. The highest BCUT2D eigenvalue weighted by atomic mass is 16.5. The Balaban J connectivity index is 2.40. The average molecular weight is 269 g/mol. The molecule has 1 aliphatic carbocycles. The van der Waals surface area contributed by atoms with Crippen LogP contribution >= 0.6 is 0 Å². The Bertz CT molecular complexity index is 307. The third-order valence-corrected chi connectivity index (χ3v) is 3.84. The van der Waals surface area contributed by atoms with E-state index in [1.54, 1.807) is 0 Å². The van der Waals surface area contributed by atoms with Crippen molar-refractivity contribution in [3.05, 3.63) is 0 Å². The normalized spacial score (nSPS) is 23.2. The second-order valence-corrected chi connectivity index (χ2v) is 5.86. The van der Waals surface area contributed by atoms with Crippen molar-refractivity contribution in [1.29, 1.82) is 0 Å². The molecule has 0 spiro atoms. The zero-order valence-electron chi connectivity index (χ0n) is 12.6. The molecule has 0 unspecified atom stereocenters. The molecule has 1 rings (SSSR count). The van der Waals surface area contributed by atoms with Crippen LogP contribution in [0.15, 0.2) is 0 Å². The maximum absolute atomic E-state index is 12.0. The molecule has 19 heavy (non-hydrogen) atoms. The molecule has 110 valence electrons. The monoisotopic (exact) mass is 269 g/mol. The van der Waals surface area contributed by atoms with Gasteiger partial charge in [-0.3, -0.25) is 9.59 Å². The SMILES string of the molecule is CCOC(=O)C1CCC(N(C)C(=O)CC(C)C)CC1. The van der Waals surface area contributed by atoms with Crippen LogP contribution in [-0.2, 0) is 14.3 Å². The van der Waals surface area contributed by atoms with Gasteiger partial charge < -0.3 is 9.64 Å². The van der Waals surface area contributed by atoms with Crippen LogP contribution in [0.1, 0.15) is 52.9 Å². The maximum Gasteiger partial charge on any atom is 0.308 e. The van der Waals surface area contributed by atoms with Crippen molar-refractivity contribution in [3.63, 3.8) is 0 Å². The zero-order chi connectivity index (χ0) is 14.4. The largest absolute Gasteiger partial charge is 0.466 e. The van der Waals surface area contributed by atoms with Gasteiger partial charge in [-0.2, -0.15) is 0 Å². The highest BCUT2D eigenvalue weighted by Crippen LogP contribution is 2.28. The van der Waals surface area contributed by atoms with Crippen molar-refractivity contribution in [2.45, 2.75) is 58.9 Å². The molecule has 4 heteroatoms. The summed E-state index contributed by atoms with van der Waals surface area (Å²) in [5.41, 5.74) is 0. The Kier molecular flexibility index (Phi) is 6.32. The van der Waals surface area contributed by atoms with E-state index in [-0.39, 0.29) is 23.8 Å². The standard InChI is InChI=1S/C15H27NO3/c1-5-19-15(18)12-6-8-13(9-7-12)16(4)14(17)10-11(2)3/h11-13H,5-10H2,1-4H3. The van der Waals surface area contributed by atoms with E-state index in [9.17, 15) is 9.59 Å². The van der Waals surface area contributed by atoms with E-state index in [1.807, 2.05) is 18.9 Å². The number of ether oxygens (including phenoxy) is 1. The van der Waals surface area contributed by atoms with Gasteiger partial charge in [0.15, 0.2) is 0 Å². The van der Waals surface area contributed by atoms with Crippen LogP contribution in [0, 0.1) is 11.8 Å². The molecule has 1 fully saturated rings. The van der Waals surface area contributed by atoms with Gasteiger partial charge in [0.1, 0.15) is 0 Å². The van der Waals surface area contributed by atoms with Crippen molar-refractivity contribution in [2.24, 2.45) is 11.8 Å². The van der Waals surface area contributed by atoms with Crippen LogP contribution in [0.25, 0.3) is 0 Å². The van der Waals surface area contributed by atoms with Gasteiger partial charge in [0.2, 0.25) is 5.91 Å². The van der Waals surface area contributed by atoms with Gasteiger partial charge >= 0.3 is 5.97 Å². The van der Waals surface area contributed by atoms with Crippen molar-refractivity contribution < 1.29 is 14.3 Å². The first-order chi connectivity index (χ1) is 8.95. The average Bonchev–Trinajstić information content (AvgIpc) is 2.37. The highest BCUT2D eigenvalue weighted by Gasteiger charge is 2.30. The van der Waals surface area contributed by atoms with E-state index in [2.05, 4.69) is 13.8 Å². The summed E-state index contributed by atoms with van der Waals surface area (Å²) in [4.78, 5) is 25.5. The van der Waals surface area contributed by atoms with E-state index in [0.717, 1.165) is 25.7 Å². The summed E-state index contributed by atoms with van der Waals surface area (Å²) in [6, 6.07) is 0.289. The molecule has 4 nitrogen and oxygen atoms in total. The molecule has 0 radical (unpaired) electrons. The topological polar surface area (TPSA) is 46.6 Å². The number of amides is 1. The first-order valence-electron chi connectivity index (χ1n) is 7.38. The maximum atomic E-state index is 12.0. The summed E-state index contributed by atoms with van der Waals surface area (Å²) in [7, 11) is 1.89. The minimum atomic E-state index is -0.0721. The van der Waals surface area contributed by atoms with E-state index in [1.165, 1.54) is 0 Å². The van der Waals surface area contributed by atoms with E-state index in [0.29, 0.717) is 18.9 Å². The van der Waals surface area contributed by atoms with Crippen molar-refractivity contribution in [3.8, 4) is 0 Å². The molecule has 0 aromatic heterocycles. The molecule has 0 bridgehead atoms. The lowest BCUT2D eigenvalue weighted by Gasteiger charge is -2.34. The molecule has 0 heterocycles. The van der Waals surface area contributed by atoms with E-state index >= 15 is 0 Å². The Morgan fingerprint density at radius 2 is 1.79 bits per heavy atom. The number of carbonyl (C=O) groups is 2. The summed E-state index contributed by atoms with van der Waals surface area (Å²) >= 11 is 0. The number of carbonyl (C=O) groups excluding carboxylic acids is 2. The van der Waals surface area contributed by atoms with Gasteiger partial charge in [0, 0.05) is 19.5 Å². The van der Waals surface area contributed by atoms with Crippen LogP contribution in [0.5, 0.6) is 0 Å². The van der Waals surface area contributed by atoms with Gasteiger partial charge in [-0.1, -0.05) is 13.8 Å². The quantitative estimate of drug-likeness (QED) is 0.721. The molecule has 0 aromatic carbocycles. The number of rotatable bonds is 5. The van der Waals surface area contributed by atoms with Gasteiger partial charge in [0.05, 0.1) is 12.5 Å². The van der Waals surface area contributed by atoms with Crippen molar-refractivity contribution in [2.75, 3.05) is 13.7 Å². The minimum absolute atomic E-state index is 0.0322. The van der Waals surface area contributed by atoms with Crippen LogP contribution in [0.4, 0.5) is 0 Å². The Morgan fingerprint density at radius 1 is 1.21 bits per heavy atom. The summed E-state index contributed by atoms with van der Waals surface area (Å²) in [5, 5.41) is 0. The Morgan fingerprint density at radius 3 is 2.26 bits per heavy atom. The minimum Gasteiger partial charge on any atom is -0.466 e. The first-order valence-corrected chi connectivity index (χ1v) is 7.38. The smallest absolute Gasteiger partial charge is 0.308 e. The number of esters is 1. The zero-order valence-corrected chi connectivity index (χ0v) is 12.6. The van der Waals surface area contributed by atoms with E-state index < -0.39 is 0 Å². The molecular formula is C15H27NO3. The molecule has 0 atom stereocenters. The lowest BCUT2D eigenvalue weighted by Crippen LogP contribution is -2.40. The lowest BCUT2D eigenvalue weighted by molar-refractivity contribution is -0.149. The molecule has 1 amide bonds. The Labute approximate surface area is 116 Å². The second kappa shape index (κ2) is 7.51. The van der Waals surface area contributed by atoms with Gasteiger partial charge in [0.25, 0.3) is 0 Å². The van der Waals surface area contributed by atoms with Crippen LogP contribution in [0.3, 0.4) is 0 Å². The fourth-order valence-corrected chi connectivity index (χ4v) is 2.66. The first kappa shape index (κ1) is 16.0. The van der Waals surface area contributed by atoms with E-state index in [4.69, 9.17) is 4.74 Å². The van der Waals surface area contributed by atoms with Crippen LogP contribution in [0.2, 0.25) is 0 Å². The predicted octanol–water partition coefficient (Wildman–Crippen LogP) is 2.61. The number of hydrogen-bond donors (Lipinski definition) is 0. The van der Waals surface area contributed by atoms with Gasteiger partial charge in [-0.15, -0.1) is 0 Å². The fraction of sp³-hybridized carbons (Fsp3) is 0.867. The van der Waals surface area contributed by atoms with Crippen LogP contribution < -0.4 is 0 Å². The third kappa shape index (κ3) is 4.84. The molecule has 1 saturated carbocycles. The number of nitrogens with zero attached hydrogens (tertiary/aromatic N) is 1. The lowest BCUT2D eigenvalue weighted by atomic mass is 9.85. The number of hydrogen-bond acceptors (Lipinski definition) is 3. The summed E-state index contributed by atoms with van der Waals surface area (Å²) in [6.07, 6.45) is 4.09. The third-order valence-electron chi connectivity index (χ3n) is 3.84. The molecule has 0 N–H and O–H groups in total. The fourth-order valence-electron chi connectivity index (χ4n) is 2.66. The van der Waals surface area contributed by atoms with Crippen molar-refractivity contribution >= 4 is 11.9 Å². The molecule has 0 aliphatic heterocycles. The predicted molar refractivity (Wildman–Crippen MR) is 74.6 cm³/mol.